The molecule has 0 heterocycles. The van der Waals surface area contributed by atoms with Gasteiger partial charge in [0, 0.05) is 6.42 Å². The van der Waals surface area contributed by atoms with Crippen LogP contribution in [-0.2, 0) is 28.6 Å². The largest absolute Gasteiger partial charge is 0.462 e. The summed E-state index contributed by atoms with van der Waals surface area (Å²) in [6, 6.07) is 0. The Morgan fingerprint density at radius 1 is 0.420 bits per heavy atom. The second-order valence-electron chi connectivity index (χ2n) is 11.4. The number of allylic oxidation sites excluding steroid dienone is 18. The summed E-state index contributed by atoms with van der Waals surface area (Å²) in [5.74, 6) is -1.30. The highest BCUT2D eigenvalue weighted by Gasteiger charge is 2.18. The van der Waals surface area contributed by atoms with Crippen LogP contribution in [-0.4, -0.2) is 37.2 Å². The van der Waals surface area contributed by atoms with E-state index in [9.17, 15) is 14.4 Å². The number of unbranched alkanes of at least 4 members (excludes halogenated alkanes) is 1. The molecule has 0 aromatic carbocycles. The highest BCUT2D eigenvalue weighted by Crippen LogP contribution is 2.06. The maximum absolute atomic E-state index is 12.4. The van der Waals surface area contributed by atoms with Gasteiger partial charge in [-0.25, -0.2) is 0 Å². The molecule has 50 heavy (non-hydrogen) atoms. The molecule has 6 heteroatoms. The van der Waals surface area contributed by atoms with Crippen molar-refractivity contribution < 1.29 is 28.6 Å². The highest BCUT2D eigenvalue weighted by molar-refractivity contribution is 5.72. The second-order valence-corrected chi connectivity index (χ2v) is 11.4. The average molecular weight is 689 g/mol. The van der Waals surface area contributed by atoms with Crippen molar-refractivity contribution in [3.8, 4) is 0 Å². The van der Waals surface area contributed by atoms with Crippen molar-refractivity contribution in [3.63, 3.8) is 0 Å². The van der Waals surface area contributed by atoms with Crippen molar-refractivity contribution in [1.82, 2.24) is 0 Å². The summed E-state index contributed by atoms with van der Waals surface area (Å²) >= 11 is 0. The lowest BCUT2D eigenvalue weighted by atomic mass is 10.2. The van der Waals surface area contributed by atoms with Gasteiger partial charge < -0.3 is 14.2 Å². The fourth-order valence-corrected chi connectivity index (χ4v) is 4.09. The zero-order valence-corrected chi connectivity index (χ0v) is 31.1. The van der Waals surface area contributed by atoms with Crippen LogP contribution in [0.1, 0.15) is 117 Å². The number of carbonyl (C=O) groups excluding carboxylic acids is 3. The molecule has 0 radical (unpaired) electrons. The summed E-state index contributed by atoms with van der Waals surface area (Å²) in [5, 5.41) is 0. The minimum absolute atomic E-state index is 0.0795. The van der Waals surface area contributed by atoms with Crippen LogP contribution in [0.2, 0.25) is 0 Å². The van der Waals surface area contributed by atoms with E-state index < -0.39 is 18.0 Å². The average Bonchev–Trinajstić information content (AvgIpc) is 3.11. The lowest BCUT2D eigenvalue weighted by Gasteiger charge is -2.17. The van der Waals surface area contributed by atoms with Gasteiger partial charge in [-0.05, 0) is 77.0 Å². The summed E-state index contributed by atoms with van der Waals surface area (Å²) in [6.45, 7) is 5.95. The Labute approximate surface area is 303 Å². The van der Waals surface area contributed by atoms with Crippen molar-refractivity contribution in [2.45, 2.75) is 123 Å². The molecular weight excluding hydrogens is 624 g/mol. The van der Waals surface area contributed by atoms with Gasteiger partial charge in [0.05, 0.1) is 12.8 Å². The van der Waals surface area contributed by atoms with Crippen molar-refractivity contribution in [2.75, 3.05) is 13.2 Å². The van der Waals surface area contributed by atoms with Crippen LogP contribution in [0.4, 0.5) is 0 Å². The van der Waals surface area contributed by atoms with Gasteiger partial charge in [0.25, 0.3) is 0 Å². The fraction of sp³-hybridized carbons (Fsp3) is 0.477. The molecule has 1 unspecified atom stereocenters. The Hall–Kier alpha value is -4.19. The molecule has 0 bridgehead atoms. The van der Waals surface area contributed by atoms with Crippen LogP contribution in [0.15, 0.2) is 122 Å². The molecule has 0 saturated heterocycles. The van der Waals surface area contributed by atoms with E-state index in [2.05, 4.69) is 106 Å². The van der Waals surface area contributed by atoms with Gasteiger partial charge in [0.1, 0.15) is 13.2 Å². The summed E-state index contributed by atoms with van der Waals surface area (Å²) in [5.41, 5.74) is 0. The van der Waals surface area contributed by atoms with E-state index in [1.165, 1.54) is 0 Å². The molecule has 0 saturated carbocycles. The van der Waals surface area contributed by atoms with E-state index >= 15 is 0 Å². The van der Waals surface area contributed by atoms with Gasteiger partial charge in [-0.1, -0.05) is 142 Å². The van der Waals surface area contributed by atoms with Crippen molar-refractivity contribution in [2.24, 2.45) is 0 Å². The van der Waals surface area contributed by atoms with Crippen LogP contribution < -0.4 is 0 Å². The molecule has 0 N–H and O–H groups in total. The van der Waals surface area contributed by atoms with Crippen molar-refractivity contribution >= 4 is 17.9 Å². The van der Waals surface area contributed by atoms with E-state index in [1.54, 1.807) is 12.2 Å². The zero-order chi connectivity index (χ0) is 36.6. The quantitative estimate of drug-likeness (QED) is 0.0323. The monoisotopic (exact) mass is 688 g/mol. The lowest BCUT2D eigenvalue weighted by Crippen LogP contribution is -2.30. The van der Waals surface area contributed by atoms with Gasteiger partial charge in [-0.15, -0.1) is 0 Å². The Bertz CT molecular complexity index is 1160. The first-order chi connectivity index (χ1) is 24.5. The van der Waals surface area contributed by atoms with E-state index in [4.69, 9.17) is 14.2 Å². The molecule has 276 valence electrons. The number of carbonyl (C=O) groups is 3. The molecule has 0 rings (SSSR count). The number of esters is 3. The van der Waals surface area contributed by atoms with E-state index in [0.29, 0.717) is 6.42 Å². The number of hydrogen-bond donors (Lipinski definition) is 0. The Kier molecular flexibility index (Phi) is 34.5. The van der Waals surface area contributed by atoms with Gasteiger partial charge in [0.2, 0.25) is 0 Å². The van der Waals surface area contributed by atoms with Crippen LogP contribution in [0.25, 0.3) is 0 Å². The predicted molar refractivity (Wildman–Crippen MR) is 209 cm³/mol. The minimum atomic E-state index is -0.877. The Balaban J connectivity index is 4.53. The summed E-state index contributed by atoms with van der Waals surface area (Å²) < 4.78 is 16.2. The maximum Gasteiger partial charge on any atom is 0.310 e. The van der Waals surface area contributed by atoms with Crippen LogP contribution in [0.5, 0.6) is 0 Å². The molecular formula is C44H64O6. The van der Waals surface area contributed by atoms with Gasteiger partial charge in [-0.2, -0.15) is 0 Å². The van der Waals surface area contributed by atoms with Crippen LogP contribution in [0.3, 0.4) is 0 Å². The Morgan fingerprint density at radius 2 is 0.760 bits per heavy atom. The molecule has 0 aromatic heterocycles. The first kappa shape index (κ1) is 45.8. The van der Waals surface area contributed by atoms with Gasteiger partial charge in [-0.3, -0.25) is 14.4 Å². The molecule has 0 aliphatic heterocycles. The molecule has 6 nitrogen and oxygen atoms in total. The third-order valence-electron chi connectivity index (χ3n) is 6.76. The van der Waals surface area contributed by atoms with Crippen molar-refractivity contribution in [3.05, 3.63) is 122 Å². The smallest absolute Gasteiger partial charge is 0.310 e. The van der Waals surface area contributed by atoms with E-state index in [0.717, 1.165) is 70.6 Å². The fourth-order valence-electron chi connectivity index (χ4n) is 4.09. The summed E-state index contributed by atoms with van der Waals surface area (Å²) in [7, 11) is 0. The molecule has 0 aliphatic rings. The highest BCUT2D eigenvalue weighted by atomic mass is 16.6. The molecule has 0 fully saturated rings. The third-order valence-corrected chi connectivity index (χ3v) is 6.76. The topological polar surface area (TPSA) is 78.9 Å². The summed E-state index contributed by atoms with van der Waals surface area (Å²) in [6.07, 6.45) is 51.4. The summed E-state index contributed by atoms with van der Waals surface area (Å²) in [4.78, 5) is 37.1. The molecule has 1 atom stereocenters. The molecule has 0 amide bonds. The molecule has 0 aliphatic carbocycles. The molecule has 0 aromatic rings. The normalized spacial score (nSPS) is 13.4. The maximum atomic E-state index is 12.4. The Morgan fingerprint density at radius 3 is 1.18 bits per heavy atom. The minimum Gasteiger partial charge on any atom is -0.462 e. The van der Waals surface area contributed by atoms with Crippen LogP contribution in [0, 0.1) is 0 Å². The number of hydrogen-bond acceptors (Lipinski definition) is 6. The lowest BCUT2D eigenvalue weighted by molar-refractivity contribution is -0.166. The van der Waals surface area contributed by atoms with Crippen molar-refractivity contribution in [1.29, 1.82) is 0 Å². The standard InChI is InChI=1S/C44H64O6/c1-4-7-10-13-16-18-19-20-21-22-23-24-25-27-29-32-34-37-43(46)49-40-41(50-44(47)38-35-30-15-12-9-6-3)39-48-42(45)36-33-31-28-26-17-14-11-8-5-2/h7-12,16-18,20-21,23-24,26-27,29-31,33,35,41H,4-6,13-15,19,22,25,28,32,34,36-40H2,1-3H3/b10-7-,11-8-,12-9-,18-16-,21-20-,24-23-,26-17-,29-27-,33-31-,35-30-. The number of ether oxygens (including phenoxy) is 3. The predicted octanol–water partition coefficient (Wildman–Crippen LogP) is 11.5. The first-order valence-corrected chi connectivity index (χ1v) is 18.5. The third kappa shape index (κ3) is 35.1. The zero-order valence-electron chi connectivity index (χ0n) is 31.1. The second kappa shape index (κ2) is 37.6. The van der Waals surface area contributed by atoms with Gasteiger partial charge >= 0.3 is 17.9 Å². The van der Waals surface area contributed by atoms with Gasteiger partial charge in [0.15, 0.2) is 6.10 Å². The van der Waals surface area contributed by atoms with Crippen LogP contribution >= 0.6 is 0 Å². The van der Waals surface area contributed by atoms with E-state index in [-0.39, 0.29) is 38.4 Å². The molecule has 0 spiro atoms. The number of rotatable bonds is 30. The SMILES string of the molecule is CC/C=C\C/C=C\C/C=C\C/C=C\C/C=C\CCCC(=O)OCC(COC(=O)C/C=C\C/C=C\C/C=C\CC)OC(=O)C/C=C\C/C=C\CC. The first-order valence-electron chi connectivity index (χ1n) is 18.5. The van der Waals surface area contributed by atoms with E-state index in [1.807, 2.05) is 24.3 Å².